The molecule has 1 atom stereocenters. The molecular formula is C20H27N3O2S2. The van der Waals surface area contributed by atoms with Gasteiger partial charge in [0.1, 0.15) is 4.83 Å². The van der Waals surface area contributed by atoms with Crippen LogP contribution in [0.1, 0.15) is 55.9 Å². The van der Waals surface area contributed by atoms with Gasteiger partial charge in [0, 0.05) is 18.5 Å². The standard InChI is InChI=1S/C20H27N3O2S2/c1-12(17(24)21-11-13-7-4-3-5-8-13)26-20-22-18-16(19(25)23(20)2)14-9-6-10-15(14)27-18/h12-13H,3-11H2,1-2H3,(H,21,24)/t12-/m1/s1. The molecular weight excluding hydrogens is 378 g/mol. The summed E-state index contributed by atoms with van der Waals surface area (Å²) in [5.74, 6) is 0.654. The maximum absolute atomic E-state index is 12.9. The number of hydrogen-bond donors (Lipinski definition) is 1. The number of hydrogen-bond acceptors (Lipinski definition) is 5. The van der Waals surface area contributed by atoms with Crippen molar-refractivity contribution in [3.05, 3.63) is 20.8 Å². The number of carbonyl (C=O) groups is 1. The third-order valence-corrected chi connectivity index (χ3v) is 8.18. The van der Waals surface area contributed by atoms with Crippen molar-refractivity contribution in [3.63, 3.8) is 0 Å². The van der Waals surface area contributed by atoms with Gasteiger partial charge in [-0.1, -0.05) is 31.0 Å². The molecule has 2 aromatic heterocycles. The smallest absolute Gasteiger partial charge is 0.262 e. The van der Waals surface area contributed by atoms with Crippen molar-refractivity contribution in [3.8, 4) is 0 Å². The van der Waals surface area contributed by atoms with Crippen LogP contribution in [0.15, 0.2) is 9.95 Å². The summed E-state index contributed by atoms with van der Waals surface area (Å²) in [5.41, 5.74) is 1.23. The van der Waals surface area contributed by atoms with Crippen LogP contribution in [0, 0.1) is 5.92 Å². The lowest BCUT2D eigenvalue weighted by molar-refractivity contribution is -0.120. The molecule has 1 fully saturated rings. The number of nitrogens with zero attached hydrogens (tertiary/aromatic N) is 2. The molecule has 7 heteroatoms. The van der Waals surface area contributed by atoms with Gasteiger partial charge in [-0.2, -0.15) is 0 Å². The Morgan fingerprint density at radius 1 is 1.30 bits per heavy atom. The maximum Gasteiger partial charge on any atom is 0.262 e. The zero-order chi connectivity index (χ0) is 19.0. The molecule has 2 aliphatic rings. The second-order valence-electron chi connectivity index (χ2n) is 7.81. The van der Waals surface area contributed by atoms with Crippen molar-refractivity contribution >= 4 is 39.2 Å². The molecule has 1 saturated carbocycles. The molecule has 1 amide bonds. The highest BCUT2D eigenvalue weighted by atomic mass is 32.2. The fourth-order valence-electron chi connectivity index (χ4n) is 4.20. The summed E-state index contributed by atoms with van der Waals surface area (Å²) < 4.78 is 1.61. The number of fused-ring (bicyclic) bond motifs is 3. The van der Waals surface area contributed by atoms with Gasteiger partial charge in [-0.15, -0.1) is 11.3 Å². The lowest BCUT2D eigenvalue weighted by Crippen LogP contribution is -2.35. The zero-order valence-corrected chi connectivity index (χ0v) is 17.7. The van der Waals surface area contributed by atoms with Crippen LogP contribution >= 0.6 is 23.1 Å². The van der Waals surface area contributed by atoms with Gasteiger partial charge < -0.3 is 5.32 Å². The van der Waals surface area contributed by atoms with Crippen LogP contribution < -0.4 is 10.9 Å². The molecule has 2 heterocycles. The average Bonchev–Trinajstić information content (AvgIpc) is 3.25. The molecule has 0 aromatic carbocycles. The number of thioether (sulfide) groups is 1. The minimum atomic E-state index is -0.268. The molecule has 2 aromatic rings. The second-order valence-corrected chi connectivity index (χ2v) is 10.2. The van der Waals surface area contributed by atoms with E-state index in [1.807, 2.05) is 6.92 Å². The predicted octanol–water partition coefficient (Wildman–Crippen LogP) is 3.66. The number of aromatic nitrogens is 2. The van der Waals surface area contributed by atoms with Gasteiger partial charge in [-0.05, 0) is 50.5 Å². The number of carbonyl (C=O) groups excluding carboxylic acids is 1. The van der Waals surface area contributed by atoms with E-state index in [1.54, 1.807) is 23.0 Å². The Morgan fingerprint density at radius 2 is 2.07 bits per heavy atom. The van der Waals surface area contributed by atoms with Crippen molar-refractivity contribution in [1.29, 1.82) is 0 Å². The summed E-state index contributed by atoms with van der Waals surface area (Å²) in [6, 6.07) is 0. The van der Waals surface area contributed by atoms with Gasteiger partial charge in [0.2, 0.25) is 5.91 Å². The normalized spacial score (nSPS) is 18.6. The van der Waals surface area contributed by atoms with Crippen LogP contribution in [0.3, 0.4) is 0 Å². The maximum atomic E-state index is 12.9. The van der Waals surface area contributed by atoms with Crippen molar-refractivity contribution in [2.75, 3.05) is 6.54 Å². The van der Waals surface area contributed by atoms with E-state index in [0.717, 1.165) is 36.0 Å². The SMILES string of the molecule is C[C@@H](Sc1nc2sc3c(c2c(=O)n1C)CCC3)C(=O)NCC1CCCCC1. The minimum absolute atomic E-state index is 0.0247. The van der Waals surface area contributed by atoms with Crippen LogP contribution in [0.25, 0.3) is 10.2 Å². The average molecular weight is 406 g/mol. The van der Waals surface area contributed by atoms with Crippen molar-refractivity contribution in [2.45, 2.75) is 68.7 Å². The molecule has 0 aliphatic heterocycles. The Bertz CT molecular complexity index is 912. The van der Waals surface area contributed by atoms with E-state index in [-0.39, 0.29) is 16.7 Å². The lowest BCUT2D eigenvalue weighted by Gasteiger charge is -2.22. The molecule has 0 saturated heterocycles. The van der Waals surface area contributed by atoms with Gasteiger partial charge in [0.25, 0.3) is 5.56 Å². The molecule has 1 N–H and O–H groups in total. The summed E-state index contributed by atoms with van der Waals surface area (Å²) in [6.07, 6.45) is 9.50. The molecule has 4 rings (SSSR count). The third-order valence-electron chi connectivity index (χ3n) is 5.85. The van der Waals surface area contributed by atoms with Gasteiger partial charge in [-0.25, -0.2) is 4.98 Å². The van der Waals surface area contributed by atoms with E-state index < -0.39 is 0 Å². The van der Waals surface area contributed by atoms with E-state index in [1.165, 1.54) is 54.3 Å². The van der Waals surface area contributed by atoms with E-state index >= 15 is 0 Å². The highest BCUT2D eigenvalue weighted by Crippen LogP contribution is 2.35. The predicted molar refractivity (Wildman–Crippen MR) is 112 cm³/mol. The zero-order valence-electron chi connectivity index (χ0n) is 16.0. The first kappa shape index (κ1) is 19.0. The van der Waals surface area contributed by atoms with Crippen molar-refractivity contribution in [2.24, 2.45) is 13.0 Å². The molecule has 0 bridgehead atoms. The van der Waals surface area contributed by atoms with Crippen LogP contribution in [0.2, 0.25) is 0 Å². The monoisotopic (exact) mass is 405 g/mol. The Hall–Kier alpha value is -1.34. The van der Waals surface area contributed by atoms with E-state index in [4.69, 9.17) is 4.98 Å². The number of rotatable bonds is 5. The van der Waals surface area contributed by atoms with E-state index in [0.29, 0.717) is 11.1 Å². The largest absolute Gasteiger partial charge is 0.355 e. The Kier molecular flexibility index (Phi) is 5.60. The Morgan fingerprint density at radius 3 is 2.85 bits per heavy atom. The highest BCUT2D eigenvalue weighted by Gasteiger charge is 2.24. The molecule has 2 aliphatic carbocycles. The molecule has 146 valence electrons. The van der Waals surface area contributed by atoms with E-state index in [2.05, 4.69) is 5.32 Å². The number of aryl methyl sites for hydroxylation is 2. The van der Waals surface area contributed by atoms with Crippen molar-refractivity contribution in [1.82, 2.24) is 14.9 Å². The fraction of sp³-hybridized carbons (Fsp3) is 0.650. The molecule has 5 nitrogen and oxygen atoms in total. The lowest BCUT2D eigenvalue weighted by atomic mass is 9.89. The topological polar surface area (TPSA) is 64.0 Å². The van der Waals surface area contributed by atoms with Gasteiger partial charge in [-0.3, -0.25) is 14.2 Å². The summed E-state index contributed by atoms with van der Waals surface area (Å²) in [4.78, 5) is 32.3. The van der Waals surface area contributed by atoms with Gasteiger partial charge in [0.05, 0.1) is 10.6 Å². The first-order valence-electron chi connectivity index (χ1n) is 10.00. The quantitative estimate of drug-likeness (QED) is 0.609. The first-order chi connectivity index (χ1) is 13.0. The molecule has 0 radical (unpaired) electrons. The summed E-state index contributed by atoms with van der Waals surface area (Å²) >= 11 is 3.03. The van der Waals surface area contributed by atoms with Gasteiger partial charge in [0.15, 0.2) is 5.16 Å². The Balaban J connectivity index is 1.46. The van der Waals surface area contributed by atoms with Crippen LogP contribution in [-0.2, 0) is 24.7 Å². The Labute approximate surface area is 167 Å². The summed E-state index contributed by atoms with van der Waals surface area (Å²) in [7, 11) is 1.77. The van der Waals surface area contributed by atoms with Gasteiger partial charge >= 0.3 is 0 Å². The number of nitrogens with one attached hydrogen (secondary N) is 1. The van der Waals surface area contributed by atoms with Crippen LogP contribution in [-0.4, -0.2) is 27.3 Å². The van der Waals surface area contributed by atoms with E-state index in [9.17, 15) is 9.59 Å². The minimum Gasteiger partial charge on any atom is -0.355 e. The molecule has 0 unspecified atom stereocenters. The second kappa shape index (κ2) is 7.95. The van der Waals surface area contributed by atoms with Crippen LogP contribution in [0.5, 0.6) is 0 Å². The van der Waals surface area contributed by atoms with Crippen LogP contribution in [0.4, 0.5) is 0 Å². The molecule has 0 spiro atoms. The fourth-order valence-corrected chi connectivity index (χ4v) is 6.40. The molecule has 27 heavy (non-hydrogen) atoms. The number of amides is 1. The highest BCUT2D eigenvalue weighted by molar-refractivity contribution is 8.00. The number of thiophene rings is 1. The van der Waals surface area contributed by atoms with Crippen molar-refractivity contribution < 1.29 is 4.79 Å². The third kappa shape index (κ3) is 3.81. The first-order valence-corrected chi connectivity index (χ1v) is 11.7. The summed E-state index contributed by atoms with van der Waals surface area (Å²) in [5, 5.41) is 4.27. The summed E-state index contributed by atoms with van der Waals surface area (Å²) in [6.45, 7) is 2.67.